The van der Waals surface area contributed by atoms with Crippen LogP contribution >= 0.6 is 0 Å². The first-order valence-electron chi connectivity index (χ1n) is 6.01. The van der Waals surface area contributed by atoms with Crippen LogP contribution in [0.25, 0.3) is 0 Å². The topological polar surface area (TPSA) is 56.5 Å². The lowest BCUT2D eigenvalue weighted by atomic mass is 10.2. The molecule has 0 heterocycles. The van der Waals surface area contributed by atoms with Crippen molar-refractivity contribution in [1.29, 1.82) is 0 Å². The molecular weight excluding hydrogens is 216 g/mol. The number of anilines is 2. The molecular formula is C13H22N2O2. The van der Waals surface area contributed by atoms with E-state index in [-0.39, 0.29) is 6.10 Å². The summed E-state index contributed by atoms with van der Waals surface area (Å²) in [7, 11) is 0. The Balaban J connectivity index is 2.55. The standard InChI is InChI=1S/C13H22N2O2/c1-4-16-8-7-15-11-5-6-12(14)13(9-11)17-10(2)3/h5-6,9-10,15H,4,7-8,14H2,1-3H3. The molecule has 3 N–H and O–H groups in total. The van der Waals surface area contributed by atoms with Gasteiger partial charge in [0.25, 0.3) is 0 Å². The lowest BCUT2D eigenvalue weighted by molar-refractivity contribution is 0.158. The summed E-state index contributed by atoms with van der Waals surface area (Å²) in [5.74, 6) is 0.724. The van der Waals surface area contributed by atoms with E-state index in [1.807, 2.05) is 39.0 Å². The van der Waals surface area contributed by atoms with E-state index in [1.165, 1.54) is 0 Å². The summed E-state index contributed by atoms with van der Waals surface area (Å²) in [6.45, 7) is 8.16. The molecule has 4 heteroatoms. The van der Waals surface area contributed by atoms with Gasteiger partial charge in [-0.15, -0.1) is 0 Å². The van der Waals surface area contributed by atoms with Gasteiger partial charge in [-0.05, 0) is 32.9 Å². The summed E-state index contributed by atoms with van der Waals surface area (Å²) in [5.41, 5.74) is 7.49. The number of benzene rings is 1. The number of hydrogen-bond donors (Lipinski definition) is 2. The van der Waals surface area contributed by atoms with Crippen molar-refractivity contribution in [3.05, 3.63) is 18.2 Å². The molecule has 0 fully saturated rings. The molecule has 1 aromatic rings. The van der Waals surface area contributed by atoms with E-state index in [4.69, 9.17) is 15.2 Å². The molecule has 1 aromatic carbocycles. The van der Waals surface area contributed by atoms with Crippen LogP contribution in [0.15, 0.2) is 18.2 Å². The molecule has 4 nitrogen and oxygen atoms in total. The number of ether oxygens (including phenoxy) is 2. The van der Waals surface area contributed by atoms with Crippen molar-refractivity contribution in [2.45, 2.75) is 26.9 Å². The smallest absolute Gasteiger partial charge is 0.144 e. The van der Waals surface area contributed by atoms with E-state index in [0.717, 1.165) is 24.6 Å². The SMILES string of the molecule is CCOCCNc1ccc(N)c(OC(C)C)c1. The lowest BCUT2D eigenvalue weighted by Gasteiger charge is -2.14. The fraction of sp³-hybridized carbons (Fsp3) is 0.538. The Hall–Kier alpha value is -1.42. The molecule has 0 saturated heterocycles. The molecule has 0 aliphatic heterocycles. The Morgan fingerprint density at radius 2 is 2.12 bits per heavy atom. The molecule has 0 aromatic heterocycles. The third-order valence-electron chi connectivity index (χ3n) is 2.16. The molecule has 0 aliphatic rings. The molecule has 0 atom stereocenters. The van der Waals surface area contributed by atoms with Crippen LogP contribution < -0.4 is 15.8 Å². The van der Waals surface area contributed by atoms with Gasteiger partial charge in [-0.3, -0.25) is 0 Å². The minimum atomic E-state index is 0.121. The maximum Gasteiger partial charge on any atom is 0.144 e. The normalized spacial score (nSPS) is 10.6. The quantitative estimate of drug-likeness (QED) is 0.566. The van der Waals surface area contributed by atoms with Crippen molar-refractivity contribution < 1.29 is 9.47 Å². The fourth-order valence-corrected chi connectivity index (χ4v) is 1.41. The van der Waals surface area contributed by atoms with E-state index >= 15 is 0 Å². The second-order valence-electron chi connectivity index (χ2n) is 4.04. The van der Waals surface area contributed by atoms with Crippen LogP contribution in [0, 0.1) is 0 Å². The summed E-state index contributed by atoms with van der Waals surface area (Å²) in [5, 5.41) is 3.26. The predicted octanol–water partition coefficient (Wildman–Crippen LogP) is 2.50. The highest BCUT2D eigenvalue weighted by atomic mass is 16.5. The summed E-state index contributed by atoms with van der Waals surface area (Å²) in [4.78, 5) is 0. The van der Waals surface area contributed by atoms with E-state index in [1.54, 1.807) is 0 Å². The third kappa shape index (κ3) is 4.95. The Kier molecular flexibility index (Phi) is 5.63. The number of nitrogens with two attached hydrogens (primary N) is 1. The van der Waals surface area contributed by atoms with Crippen LogP contribution in [0.5, 0.6) is 5.75 Å². The van der Waals surface area contributed by atoms with Crippen LogP contribution in [-0.4, -0.2) is 25.9 Å². The molecule has 96 valence electrons. The van der Waals surface area contributed by atoms with Gasteiger partial charge in [0, 0.05) is 24.9 Å². The lowest BCUT2D eigenvalue weighted by Crippen LogP contribution is -2.11. The summed E-state index contributed by atoms with van der Waals surface area (Å²) in [6.07, 6.45) is 0.121. The largest absolute Gasteiger partial charge is 0.489 e. The number of rotatable bonds is 7. The zero-order chi connectivity index (χ0) is 12.7. The molecule has 0 radical (unpaired) electrons. The average molecular weight is 238 g/mol. The van der Waals surface area contributed by atoms with Gasteiger partial charge < -0.3 is 20.5 Å². The first-order valence-corrected chi connectivity index (χ1v) is 6.01. The van der Waals surface area contributed by atoms with Gasteiger partial charge in [0.15, 0.2) is 0 Å². The highest BCUT2D eigenvalue weighted by Crippen LogP contribution is 2.26. The third-order valence-corrected chi connectivity index (χ3v) is 2.16. The van der Waals surface area contributed by atoms with Gasteiger partial charge in [-0.25, -0.2) is 0 Å². The van der Waals surface area contributed by atoms with Crippen LogP contribution in [0.1, 0.15) is 20.8 Å². The Labute approximate surface area is 103 Å². The molecule has 17 heavy (non-hydrogen) atoms. The van der Waals surface area contributed by atoms with Crippen molar-refractivity contribution in [2.24, 2.45) is 0 Å². The fourth-order valence-electron chi connectivity index (χ4n) is 1.41. The van der Waals surface area contributed by atoms with Crippen LogP contribution in [-0.2, 0) is 4.74 Å². The van der Waals surface area contributed by atoms with Crippen molar-refractivity contribution in [3.63, 3.8) is 0 Å². The Bertz CT molecular complexity index is 340. The number of nitrogen functional groups attached to an aromatic ring is 1. The maximum absolute atomic E-state index is 5.84. The zero-order valence-corrected chi connectivity index (χ0v) is 10.8. The van der Waals surface area contributed by atoms with Gasteiger partial charge in [0.1, 0.15) is 5.75 Å². The second kappa shape index (κ2) is 7.01. The molecule has 0 saturated carbocycles. The van der Waals surface area contributed by atoms with Gasteiger partial charge in [-0.2, -0.15) is 0 Å². The number of nitrogens with one attached hydrogen (secondary N) is 1. The maximum atomic E-state index is 5.84. The van der Waals surface area contributed by atoms with E-state index in [9.17, 15) is 0 Å². The molecule has 0 aliphatic carbocycles. The molecule has 1 rings (SSSR count). The highest BCUT2D eigenvalue weighted by Gasteiger charge is 2.04. The van der Waals surface area contributed by atoms with Gasteiger partial charge >= 0.3 is 0 Å². The van der Waals surface area contributed by atoms with Gasteiger partial charge in [0.05, 0.1) is 18.4 Å². The van der Waals surface area contributed by atoms with E-state index in [0.29, 0.717) is 12.3 Å². The van der Waals surface area contributed by atoms with Crippen molar-refractivity contribution in [3.8, 4) is 5.75 Å². The molecule has 0 amide bonds. The Morgan fingerprint density at radius 3 is 2.76 bits per heavy atom. The van der Waals surface area contributed by atoms with E-state index < -0.39 is 0 Å². The second-order valence-corrected chi connectivity index (χ2v) is 4.04. The number of hydrogen-bond acceptors (Lipinski definition) is 4. The Morgan fingerprint density at radius 1 is 1.35 bits per heavy atom. The summed E-state index contributed by atoms with van der Waals surface area (Å²) >= 11 is 0. The first kappa shape index (κ1) is 13.6. The van der Waals surface area contributed by atoms with Crippen LogP contribution in [0.3, 0.4) is 0 Å². The van der Waals surface area contributed by atoms with Crippen LogP contribution in [0.4, 0.5) is 11.4 Å². The summed E-state index contributed by atoms with van der Waals surface area (Å²) < 4.78 is 10.9. The van der Waals surface area contributed by atoms with Crippen molar-refractivity contribution in [1.82, 2.24) is 0 Å². The average Bonchev–Trinajstić information content (AvgIpc) is 2.28. The zero-order valence-electron chi connectivity index (χ0n) is 10.8. The molecule has 0 unspecified atom stereocenters. The predicted molar refractivity (Wildman–Crippen MR) is 71.6 cm³/mol. The first-order chi connectivity index (χ1) is 8.13. The van der Waals surface area contributed by atoms with Crippen molar-refractivity contribution in [2.75, 3.05) is 30.8 Å². The minimum Gasteiger partial charge on any atom is -0.489 e. The molecule has 0 bridgehead atoms. The summed E-state index contributed by atoms with van der Waals surface area (Å²) in [6, 6.07) is 5.70. The monoisotopic (exact) mass is 238 g/mol. The van der Waals surface area contributed by atoms with Crippen molar-refractivity contribution >= 4 is 11.4 Å². The van der Waals surface area contributed by atoms with Gasteiger partial charge in [-0.1, -0.05) is 0 Å². The van der Waals surface area contributed by atoms with Gasteiger partial charge in [0.2, 0.25) is 0 Å². The minimum absolute atomic E-state index is 0.121. The van der Waals surface area contributed by atoms with E-state index in [2.05, 4.69) is 5.32 Å². The van der Waals surface area contributed by atoms with Crippen LogP contribution in [0.2, 0.25) is 0 Å². The molecule has 0 spiro atoms. The highest BCUT2D eigenvalue weighted by molar-refractivity contribution is 5.61.